The molecule has 15 heteroatoms. The fourth-order valence-electron chi connectivity index (χ4n) is 10.5. The Bertz CT molecular complexity index is 3560. The first kappa shape index (κ1) is 67.2. The van der Waals surface area contributed by atoms with Crippen molar-refractivity contribution in [2.24, 2.45) is 9.98 Å². The first-order valence-electron chi connectivity index (χ1n) is 33.3. The van der Waals surface area contributed by atoms with Gasteiger partial charge in [-0.15, -0.1) is 0 Å². The molecule has 2 heterocycles. The van der Waals surface area contributed by atoms with Crippen LogP contribution in [0.3, 0.4) is 0 Å². The molecule has 14 nitrogen and oxygen atoms in total. The maximum absolute atomic E-state index is 13.8. The standard InChI is InChI=1S/C76H89ClN2O12/c1-5-9-13-15-17-19-43-82-58-35-39-60(40-36-58)84-45-21-23-47-86-67-49-62-66(53-70(67)91-76(81)57-33-29-55(30-34-57)26-12-8-4)89-74-64(78-62)51-71-73(72(74)77)79-63-50-68(69(52-65(63)88-71)90-75(80)56-31-27-54(28-32-56)25-11-7-3)87-48-24-22-46-85-61-41-37-59(38-42-61)83-44-20-18-16-14-10-6-2/h27-42,49-53H,5-26,43-48H2,1-4H3. The van der Waals surface area contributed by atoms with E-state index < -0.39 is 11.9 Å². The molecule has 0 unspecified atom stereocenters. The number of ether oxygens (including phenoxy) is 10. The van der Waals surface area contributed by atoms with Gasteiger partial charge < -0.3 is 47.4 Å². The Kier molecular flexibility index (Phi) is 26.6. The number of carbonyl (C=O) groups is 2. The van der Waals surface area contributed by atoms with Crippen LogP contribution in [0.2, 0.25) is 5.02 Å². The Morgan fingerprint density at radius 2 is 0.736 bits per heavy atom. The van der Waals surface area contributed by atoms with Crippen molar-refractivity contribution in [2.75, 3.05) is 39.6 Å². The second kappa shape index (κ2) is 36.0. The lowest BCUT2D eigenvalue weighted by molar-refractivity contribution is 0.0718. The summed E-state index contributed by atoms with van der Waals surface area (Å²) in [5.74, 6) is 4.11. The van der Waals surface area contributed by atoms with Crippen molar-refractivity contribution in [1.82, 2.24) is 0 Å². The third-order valence-corrected chi connectivity index (χ3v) is 16.2. The summed E-state index contributed by atoms with van der Waals surface area (Å²) in [6.07, 6.45) is 23.4. The van der Waals surface area contributed by atoms with Crippen LogP contribution >= 0.6 is 11.6 Å². The summed E-state index contributed by atoms with van der Waals surface area (Å²) < 4.78 is 62.1. The minimum absolute atomic E-state index is 0.139. The van der Waals surface area contributed by atoms with Crippen LogP contribution in [0.4, 0.5) is 11.4 Å². The van der Waals surface area contributed by atoms with Gasteiger partial charge in [0, 0.05) is 30.3 Å². The number of fused-ring (bicyclic) bond motifs is 4. The van der Waals surface area contributed by atoms with Crippen LogP contribution in [-0.4, -0.2) is 51.6 Å². The lowest BCUT2D eigenvalue weighted by Crippen LogP contribution is -2.20. The number of hydrogen-bond donors (Lipinski definition) is 0. The molecule has 0 spiro atoms. The SMILES string of the molecule is CCCCCCCCOc1ccc(OCCCCOc2cc3c(cc2OC(=O)c2ccc(CCCC)cc2)Oc2c(Cl)c4c(cc2=N3)Oc2cc(OC(=O)c3ccc(CCCC)cc3)c(OCCCCOc3ccc(OCCCCCCCC)cc3)cc2N=4)cc1. The number of hydrogen-bond acceptors (Lipinski definition) is 14. The number of nitrogens with zero attached hydrogens (tertiary/aromatic N) is 2. The number of rotatable bonds is 40. The van der Waals surface area contributed by atoms with Gasteiger partial charge in [-0.1, -0.05) is 141 Å². The second-order valence-corrected chi connectivity index (χ2v) is 23.6. The van der Waals surface area contributed by atoms with E-state index in [0.29, 0.717) is 122 Å². The Labute approximate surface area is 542 Å². The summed E-state index contributed by atoms with van der Waals surface area (Å²) in [6.45, 7) is 11.7. The Hall–Kier alpha value is -8.23. The highest BCUT2D eigenvalue weighted by Crippen LogP contribution is 2.47. The van der Waals surface area contributed by atoms with Crippen molar-refractivity contribution >= 4 is 34.9 Å². The molecule has 91 heavy (non-hydrogen) atoms. The van der Waals surface area contributed by atoms with Gasteiger partial charge in [0.15, 0.2) is 46.0 Å². The first-order valence-corrected chi connectivity index (χ1v) is 33.7. The highest BCUT2D eigenvalue weighted by atomic mass is 35.5. The number of benzene rings is 7. The smallest absolute Gasteiger partial charge is 0.343 e. The van der Waals surface area contributed by atoms with Crippen molar-refractivity contribution < 1.29 is 57.0 Å². The number of esters is 2. The first-order chi connectivity index (χ1) is 44.7. The maximum atomic E-state index is 13.8. The third-order valence-electron chi connectivity index (χ3n) is 15.8. The number of halogens is 1. The van der Waals surface area contributed by atoms with Crippen LogP contribution < -0.4 is 58.1 Å². The summed E-state index contributed by atoms with van der Waals surface area (Å²) in [7, 11) is 0. The fraction of sp³-hybridized carbons (Fsp3) is 0.421. The zero-order chi connectivity index (χ0) is 63.4. The van der Waals surface area contributed by atoms with Gasteiger partial charge in [0.1, 0.15) is 50.1 Å². The highest BCUT2D eigenvalue weighted by molar-refractivity contribution is 6.32. The molecule has 0 saturated carbocycles. The van der Waals surface area contributed by atoms with Crippen LogP contribution in [0.1, 0.15) is 188 Å². The summed E-state index contributed by atoms with van der Waals surface area (Å²) in [4.78, 5) is 37.6. The molecule has 2 aliphatic heterocycles. The zero-order valence-electron chi connectivity index (χ0n) is 53.6. The topological polar surface area (TPSA) is 151 Å². The van der Waals surface area contributed by atoms with Gasteiger partial charge in [-0.2, -0.15) is 0 Å². The van der Waals surface area contributed by atoms with E-state index in [-0.39, 0.29) is 28.0 Å². The Balaban J connectivity index is 0.881. The second-order valence-electron chi connectivity index (χ2n) is 23.2. The van der Waals surface area contributed by atoms with Crippen LogP contribution in [0.25, 0.3) is 0 Å². The van der Waals surface area contributed by atoms with E-state index in [1.54, 1.807) is 54.6 Å². The van der Waals surface area contributed by atoms with Gasteiger partial charge in [0.25, 0.3) is 0 Å². The molecule has 2 aliphatic rings. The number of carbonyl (C=O) groups excluding carboxylic acids is 2. The summed E-state index contributed by atoms with van der Waals surface area (Å²) in [5.41, 5.74) is 3.88. The van der Waals surface area contributed by atoms with Gasteiger partial charge in [-0.05, 0) is 148 Å². The van der Waals surface area contributed by atoms with Crippen LogP contribution in [0.5, 0.6) is 69.0 Å². The molecular formula is C76H89ClN2O12. The van der Waals surface area contributed by atoms with Crippen molar-refractivity contribution in [3.05, 3.63) is 165 Å². The highest BCUT2D eigenvalue weighted by Gasteiger charge is 2.28. The molecule has 0 radical (unpaired) electrons. The van der Waals surface area contributed by atoms with Gasteiger partial charge in [0.2, 0.25) is 0 Å². The van der Waals surface area contributed by atoms with Gasteiger partial charge in [-0.3, -0.25) is 0 Å². The fourth-order valence-corrected chi connectivity index (χ4v) is 10.7. The number of unbranched alkanes of at least 4 members (excludes halogenated alkanes) is 14. The minimum Gasteiger partial charge on any atom is -0.494 e. The average molecular weight is 1260 g/mol. The predicted molar refractivity (Wildman–Crippen MR) is 357 cm³/mol. The molecule has 0 saturated heterocycles. The van der Waals surface area contributed by atoms with Gasteiger partial charge in [-0.25, -0.2) is 19.6 Å². The average Bonchev–Trinajstić information content (AvgIpc) is 0.795. The molecule has 7 aromatic carbocycles. The molecule has 9 rings (SSSR count). The zero-order valence-corrected chi connectivity index (χ0v) is 54.4. The molecule has 0 atom stereocenters. The monoisotopic (exact) mass is 1260 g/mol. The van der Waals surface area contributed by atoms with Crippen LogP contribution in [-0.2, 0) is 12.8 Å². The lowest BCUT2D eigenvalue weighted by atomic mass is 10.1. The molecule has 0 N–H and O–H groups in total. The maximum Gasteiger partial charge on any atom is 0.343 e. The van der Waals surface area contributed by atoms with Gasteiger partial charge in [0.05, 0.1) is 50.8 Å². The van der Waals surface area contributed by atoms with E-state index in [1.807, 2.05) is 72.8 Å². The minimum atomic E-state index is -0.553. The van der Waals surface area contributed by atoms with E-state index in [1.165, 1.54) is 64.2 Å². The summed E-state index contributed by atoms with van der Waals surface area (Å²) in [6, 6.07) is 38.7. The molecule has 0 amide bonds. The van der Waals surface area contributed by atoms with Crippen LogP contribution in [0, 0.1) is 0 Å². The van der Waals surface area contributed by atoms with Crippen LogP contribution in [0.15, 0.2) is 137 Å². The summed E-state index contributed by atoms with van der Waals surface area (Å²) in [5, 5.41) is 0.800. The van der Waals surface area contributed by atoms with Crippen molar-refractivity contribution in [3.63, 3.8) is 0 Å². The van der Waals surface area contributed by atoms with Crippen molar-refractivity contribution in [1.29, 1.82) is 0 Å². The molecule has 0 aliphatic carbocycles. The lowest BCUT2D eigenvalue weighted by Gasteiger charge is -2.22. The molecule has 7 aromatic rings. The molecule has 482 valence electrons. The summed E-state index contributed by atoms with van der Waals surface area (Å²) >= 11 is 7.22. The van der Waals surface area contributed by atoms with E-state index in [2.05, 4.69) is 27.7 Å². The molecule has 0 fully saturated rings. The predicted octanol–water partition coefficient (Wildman–Crippen LogP) is 19.5. The molecule has 0 bridgehead atoms. The van der Waals surface area contributed by atoms with E-state index >= 15 is 0 Å². The Morgan fingerprint density at radius 3 is 1.15 bits per heavy atom. The Morgan fingerprint density at radius 1 is 0.374 bits per heavy atom. The van der Waals surface area contributed by atoms with E-state index in [4.69, 9.17) is 69.0 Å². The normalized spacial score (nSPS) is 11.7. The molecular weight excluding hydrogens is 1170 g/mol. The van der Waals surface area contributed by atoms with E-state index in [9.17, 15) is 9.59 Å². The van der Waals surface area contributed by atoms with E-state index in [0.717, 1.165) is 85.5 Å². The number of aryl methyl sites for hydroxylation is 2. The van der Waals surface area contributed by atoms with Crippen molar-refractivity contribution in [3.8, 4) is 69.0 Å². The molecule has 0 aromatic heterocycles. The largest absolute Gasteiger partial charge is 0.494 e. The van der Waals surface area contributed by atoms with Crippen molar-refractivity contribution in [2.45, 2.75) is 169 Å². The quantitative estimate of drug-likeness (QED) is 0.0204. The van der Waals surface area contributed by atoms with Gasteiger partial charge >= 0.3 is 11.9 Å². The third kappa shape index (κ3) is 20.4.